The Morgan fingerprint density at radius 3 is 2.14 bits per heavy atom. The molecule has 0 spiro atoms. The average Bonchev–Trinajstić information content (AvgIpc) is 2.35. The fraction of sp³-hybridized carbons (Fsp3) is 1.00. The van der Waals surface area contributed by atoms with Gasteiger partial charge >= 0.3 is 0 Å². The molecule has 1 atom stereocenters. The number of likely N-dealkylation sites (tertiary alicyclic amines) is 1. The SMILES string of the molecule is CCCCCCC(C)(CCCC)N1CC(NS(C)(=O)=O)C1. The number of nitrogens with one attached hydrogen (secondary N) is 1. The van der Waals surface area contributed by atoms with Gasteiger partial charge in [0.1, 0.15) is 0 Å². The molecule has 1 N–H and O–H groups in total. The van der Waals surface area contributed by atoms with E-state index in [-0.39, 0.29) is 11.6 Å². The van der Waals surface area contributed by atoms with E-state index in [0.717, 1.165) is 13.1 Å². The molecule has 21 heavy (non-hydrogen) atoms. The lowest BCUT2D eigenvalue weighted by Gasteiger charge is -2.51. The van der Waals surface area contributed by atoms with Crippen molar-refractivity contribution in [1.82, 2.24) is 9.62 Å². The Labute approximate surface area is 131 Å². The van der Waals surface area contributed by atoms with Gasteiger partial charge in [0, 0.05) is 24.7 Å². The van der Waals surface area contributed by atoms with Crippen LogP contribution in [0, 0.1) is 0 Å². The molecule has 0 aromatic heterocycles. The highest BCUT2D eigenvalue weighted by Gasteiger charge is 2.40. The van der Waals surface area contributed by atoms with Gasteiger partial charge in [-0.2, -0.15) is 0 Å². The summed E-state index contributed by atoms with van der Waals surface area (Å²) in [7, 11) is -3.07. The molecule has 0 aliphatic carbocycles. The Balaban J connectivity index is 2.46. The van der Waals surface area contributed by atoms with E-state index < -0.39 is 10.0 Å². The third-order valence-corrected chi connectivity index (χ3v) is 5.43. The van der Waals surface area contributed by atoms with Crippen LogP contribution in [0.5, 0.6) is 0 Å². The number of unbranched alkanes of at least 4 members (excludes halogenated alkanes) is 4. The number of rotatable bonds is 11. The molecule has 5 heteroatoms. The Morgan fingerprint density at radius 2 is 1.62 bits per heavy atom. The maximum absolute atomic E-state index is 11.3. The minimum Gasteiger partial charge on any atom is -0.295 e. The summed E-state index contributed by atoms with van der Waals surface area (Å²) in [5.41, 5.74) is 0.249. The standard InChI is InChI=1S/C16H34N2O2S/c1-5-7-9-10-12-16(3,11-8-6-2)18-13-15(14-18)17-21(4,19)20/h15,17H,5-14H2,1-4H3. The molecule has 1 unspecified atom stereocenters. The third-order valence-electron chi connectivity index (χ3n) is 4.66. The molecular formula is C16H34N2O2S. The van der Waals surface area contributed by atoms with Gasteiger partial charge in [-0.25, -0.2) is 13.1 Å². The van der Waals surface area contributed by atoms with E-state index in [1.807, 2.05) is 0 Å². The van der Waals surface area contributed by atoms with Crippen molar-refractivity contribution in [2.75, 3.05) is 19.3 Å². The Hall–Kier alpha value is -0.130. The molecule has 126 valence electrons. The molecule has 1 saturated heterocycles. The van der Waals surface area contributed by atoms with E-state index in [1.165, 1.54) is 57.6 Å². The molecule has 1 fully saturated rings. The first-order chi connectivity index (χ1) is 9.80. The lowest BCUT2D eigenvalue weighted by Crippen LogP contribution is -2.65. The van der Waals surface area contributed by atoms with Crippen LogP contribution in [-0.2, 0) is 10.0 Å². The lowest BCUT2D eigenvalue weighted by molar-refractivity contribution is 0.00571. The van der Waals surface area contributed by atoms with Crippen LogP contribution in [0.1, 0.15) is 72.1 Å². The summed E-state index contributed by atoms with van der Waals surface area (Å²) in [6.07, 6.45) is 11.4. The second-order valence-electron chi connectivity index (χ2n) is 6.90. The van der Waals surface area contributed by atoms with Crippen LogP contribution in [0.25, 0.3) is 0 Å². The maximum Gasteiger partial charge on any atom is 0.209 e. The summed E-state index contributed by atoms with van der Waals surface area (Å²) in [6, 6.07) is 0.108. The molecule has 0 aromatic rings. The van der Waals surface area contributed by atoms with Crippen molar-refractivity contribution in [3.8, 4) is 0 Å². The fourth-order valence-corrected chi connectivity index (χ4v) is 3.98. The largest absolute Gasteiger partial charge is 0.295 e. The number of sulfonamides is 1. The van der Waals surface area contributed by atoms with Gasteiger partial charge in [-0.15, -0.1) is 0 Å². The first-order valence-corrected chi connectivity index (χ1v) is 10.4. The van der Waals surface area contributed by atoms with Gasteiger partial charge in [-0.1, -0.05) is 52.4 Å². The highest BCUT2D eigenvalue weighted by Crippen LogP contribution is 2.32. The molecule has 4 nitrogen and oxygen atoms in total. The summed E-state index contributed by atoms with van der Waals surface area (Å²) in [5.74, 6) is 0. The summed E-state index contributed by atoms with van der Waals surface area (Å²) < 4.78 is 25.3. The lowest BCUT2D eigenvalue weighted by atomic mass is 9.84. The van der Waals surface area contributed by atoms with Crippen molar-refractivity contribution in [3.05, 3.63) is 0 Å². The van der Waals surface area contributed by atoms with E-state index in [4.69, 9.17) is 0 Å². The summed E-state index contributed by atoms with van der Waals surface area (Å²) in [4.78, 5) is 2.48. The van der Waals surface area contributed by atoms with Gasteiger partial charge in [-0.3, -0.25) is 4.90 Å². The molecule has 1 aliphatic heterocycles. The zero-order chi connectivity index (χ0) is 15.9. The predicted octanol–water partition coefficient (Wildman–Crippen LogP) is 3.14. The van der Waals surface area contributed by atoms with Crippen molar-refractivity contribution >= 4 is 10.0 Å². The highest BCUT2D eigenvalue weighted by atomic mass is 32.2. The van der Waals surface area contributed by atoms with E-state index in [1.54, 1.807) is 0 Å². The molecule has 0 bridgehead atoms. The summed E-state index contributed by atoms with van der Waals surface area (Å²) >= 11 is 0. The van der Waals surface area contributed by atoms with Gasteiger partial charge in [0.15, 0.2) is 0 Å². The molecule has 1 heterocycles. The van der Waals surface area contributed by atoms with Crippen molar-refractivity contribution in [2.45, 2.75) is 83.7 Å². The topological polar surface area (TPSA) is 49.4 Å². The van der Waals surface area contributed by atoms with Gasteiger partial charge in [0.2, 0.25) is 10.0 Å². The van der Waals surface area contributed by atoms with E-state index in [0.29, 0.717) is 0 Å². The van der Waals surface area contributed by atoms with E-state index >= 15 is 0 Å². The second-order valence-corrected chi connectivity index (χ2v) is 8.68. The highest BCUT2D eigenvalue weighted by molar-refractivity contribution is 7.88. The average molecular weight is 319 g/mol. The van der Waals surface area contributed by atoms with Crippen LogP contribution < -0.4 is 4.72 Å². The van der Waals surface area contributed by atoms with Crippen LogP contribution in [0.15, 0.2) is 0 Å². The predicted molar refractivity (Wildman–Crippen MR) is 90.0 cm³/mol. The van der Waals surface area contributed by atoms with Gasteiger partial charge < -0.3 is 0 Å². The monoisotopic (exact) mass is 318 g/mol. The van der Waals surface area contributed by atoms with Crippen LogP contribution in [0.4, 0.5) is 0 Å². The van der Waals surface area contributed by atoms with Crippen LogP contribution in [0.3, 0.4) is 0 Å². The molecule has 0 radical (unpaired) electrons. The third kappa shape index (κ3) is 6.66. The zero-order valence-electron chi connectivity index (χ0n) is 14.3. The molecule has 1 aliphatic rings. The van der Waals surface area contributed by atoms with Crippen molar-refractivity contribution in [2.24, 2.45) is 0 Å². The minimum atomic E-state index is -3.07. The molecule has 0 amide bonds. The Bertz CT molecular complexity index is 391. The zero-order valence-corrected chi connectivity index (χ0v) is 15.1. The van der Waals surface area contributed by atoms with Crippen molar-refractivity contribution < 1.29 is 8.42 Å². The van der Waals surface area contributed by atoms with E-state index in [2.05, 4.69) is 30.4 Å². The summed E-state index contributed by atoms with van der Waals surface area (Å²) in [6.45, 7) is 8.57. The minimum absolute atomic E-state index is 0.108. The van der Waals surface area contributed by atoms with Gasteiger partial charge in [0.05, 0.1) is 6.26 Å². The number of hydrogen-bond donors (Lipinski definition) is 1. The Morgan fingerprint density at radius 1 is 1.05 bits per heavy atom. The van der Waals surface area contributed by atoms with E-state index in [9.17, 15) is 8.42 Å². The first kappa shape index (κ1) is 18.9. The van der Waals surface area contributed by atoms with Gasteiger partial charge in [-0.05, 0) is 19.8 Å². The number of hydrogen-bond acceptors (Lipinski definition) is 3. The van der Waals surface area contributed by atoms with Gasteiger partial charge in [0.25, 0.3) is 0 Å². The van der Waals surface area contributed by atoms with Crippen LogP contribution in [0.2, 0.25) is 0 Å². The first-order valence-electron chi connectivity index (χ1n) is 8.53. The van der Waals surface area contributed by atoms with Crippen LogP contribution in [-0.4, -0.2) is 44.2 Å². The van der Waals surface area contributed by atoms with Crippen molar-refractivity contribution in [1.29, 1.82) is 0 Å². The Kier molecular flexibility index (Phi) is 7.65. The van der Waals surface area contributed by atoms with Crippen LogP contribution >= 0.6 is 0 Å². The quantitative estimate of drug-likeness (QED) is 0.595. The fourth-order valence-electron chi connectivity index (χ4n) is 3.23. The maximum atomic E-state index is 11.3. The summed E-state index contributed by atoms with van der Waals surface area (Å²) in [5, 5.41) is 0. The smallest absolute Gasteiger partial charge is 0.209 e. The molecule has 0 aromatic carbocycles. The molecule has 1 rings (SSSR count). The molecular weight excluding hydrogens is 284 g/mol. The number of nitrogens with zero attached hydrogens (tertiary/aromatic N) is 1. The molecule has 0 saturated carbocycles. The van der Waals surface area contributed by atoms with Crippen molar-refractivity contribution in [3.63, 3.8) is 0 Å². The normalized spacial score (nSPS) is 20.2. The second kappa shape index (κ2) is 8.49.